The van der Waals surface area contributed by atoms with Crippen LogP contribution in [0.15, 0.2) is 63.9 Å². The molecule has 136 valence electrons. The van der Waals surface area contributed by atoms with Crippen LogP contribution in [0.5, 0.6) is 5.75 Å². The molecule has 4 rings (SSSR count). The molecule has 2 aromatic heterocycles. The zero-order chi connectivity index (χ0) is 18.8. The second kappa shape index (κ2) is 6.99. The van der Waals surface area contributed by atoms with E-state index in [1.165, 1.54) is 13.2 Å². The van der Waals surface area contributed by atoms with Crippen molar-refractivity contribution in [1.29, 1.82) is 0 Å². The topological polar surface area (TPSA) is 84.3 Å². The molecule has 0 aliphatic heterocycles. The van der Waals surface area contributed by atoms with E-state index in [0.717, 1.165) is 16.5 Å². The standard InChI is InChI=1S/C21H18N2O4/c1-26-14-6-7-16-18(24)11-20(27-19(16)10-14)21(25)22-9-8-13-12-23-17-5-3-2-4-15(13)17/h2-7,10-12,23H,8-9H2,1H3,(H,22,25). The largest absolute Gasteiger partial charge is 0.497 e. The van der Waals surface area contributed by atoms with Crippen LogP contribution in [0, 0.1) is 0 Å². The Morgan fingerprint density at radius 3 is 2.85 bits per heavy atom. The fourth-order valence-electron chi connectivity index (χ4n) is 3.11. The van der Waals surface area contributed by atoms with Crippen molar-refractivity contribution in [3.63, 3.8) is 0 Å². The number of benzene rings is 2. The summed E-state index contributed by atoms with van der Waals surface area (Å²) in [5.74, 6) is 0.124. The van der Waals surface area contributed by atoms with Crippen molar-refractivity contribution in [3.05, 3.63) is 76.3 Å². The van der Waals surface area contributed by atoms with Gasteiger partial charge in [-0.05, 0) is 30.2 Å². The molecule has 1 amide bonds. The van der Waals surface area contributed by atoms with Crippen molar-refractivity contribution in [1.82, 2.24) is 10.3 Å². The van der Waals surface area contributed by atoms with Crippen molar-refractivity contribution in [2.45, 2.75) is 6.42 Å². The van der Waals surface area contributed by atoms with Crippen molar-refractivity contribution < 1.29 is 13.9 Å². The van der Waals surface area contributed by atoms with E-state index in [2.05, 4.69) is 10.3 Å². The molecule has 6 heteroatoms. The van der Waals surface area contributed by atoms with Gasteiger partial charge in [0.2, 0.25) is 0 Å². The van der Waals surface area contributed by atoms with Gasteiger partial charge in [-0.2, -0.15) is 0 Å². The molecule has 0 aliphatic rings. The highest BCUT2D eigenvalue weighted by Crippen LogP contribution is 2.20. The first-order valence-corrected chi connectivity index (χ1v) is 8.61. The van der Waals surface area contributed by atoms with Crippen molar-refractivity contribution in [3.8, 4) is 5.75 Å². The molecule has 0 saturated carbocycles. The lowest BCUT2D eigenvalue weighted by Crippen LogP contribution is -2.26. The summed E-state index contributed by atoms with van der Waals surface area (Å²) in [6.07, 6.45) is 2.61. The van der Waals surface area contributed by atoms with Crippen LogP contribution < -0.4 is 15.5 Å². The highest BCUT2D eigenvalue weighted by Gasteiger charge is 2.13. The summed E-state index contributed by atoms with van der Waals surface area (Å²) in [5.41, 5.74) is 2.24. The van der Waals surface area contributed by atoms with Crippen molar-refractivity contribution in [2.24, 2.45) is 0 Å². The number of fused-ring (bicyclic) bond motifs is 2. The molecule has 4 aromatic rings. The number of carbonyl (C=O) groups excluding carboxylic acids is 1. The third-order valence-electron chi connectivity index (χ3n) is 4.51. The van der Waals surface area contributed by atoms with Gasteiger partial charge in [-0.3, -0.25) is 9.59 Å². The van der Waals surface area contributed by atoms with E-state index in [1.807, 2.05) is 30.5 Å². The Kier molecular flexibility index (Phi) is 4.38. The fraction of sp³-hybridized carbons (Fsp3) is 0.143. The number of aromatic amines is 1. The zero-order valence-corrected chi connectivity index (χ0v) is 14.7. The molecule has 0 unspecified atom stereocenters. The lowest BCUT2D eigenvalue weighted by atomic mass is 10.1. The van der Waals surface area contributed by atoms with Gasteiger partial charge in [0.25, 0.3) is 5.91 Å². The molecule has 0 aliphatic carbocycles. The first-order chi connectivity index (χ1) is 13.2. The Labute approximate surface area is 154 Å². The highest BCUT2D eigenvalue weighted by molar-refractivity contribution is 5.93. The van der Waals surface area contributed by atoms with Gasteiger partial charge in [-0.15, -0.1) is 0 Å². The van der Waals surface area contributed by atoms with Gasteiger partial charge in [0.05, 0.1) is 12.5 Å². The number of aromatic nitrogens is 1. The van der Waals surface area contributed by atoms with Gasteiger partial charge in [-0.1, -0.05) is 18.2 Å². The van der Waals surface area contributed by atoms with Gasteiger partial charge < -0.3 is 19.5 Å². The summed E-state index contributed by atoms with van der Waals surface area (Å²) >= 11 is 0. The Hall–Kier alpha value is -3.54. The number of hydrogen-bond donors (Lipinski definition) is 2. The average Bonchev–Trinajstić information content (AvgIpc) is 3.10. The molecule has 2 N–H and O–H groups in total. The quantitative estimate of drug-likeness (QED) is 0.571. The van der Waals surface area contributed by atoms with E-state index in [-0.39, 0.29) is 11.2 Å². The van der Waals surface area contributed by atoms with Crippen LogP contribution in [0.25, 0.3) is 21.9 Å². The molecule has 0 spiro atoms. The summed E-state index contributed by atoms with van der Waals surface area (Å²) in [6.45, 7) is 0.431. The van der Waals surface area contributed by atoms with E-state index < -0.39 is 5.91 Å². The first-order valence-electron chi connectivity index (χ1n) is 8.61. The Bertz CT molecular complexity index is 1190. The molecule has 6 nitrogen and oxygen atoms in total. The van der Waals surface area contributed by atoms with Crippen molar-refractivity contribution in [2.75, 3.05) is 13.7 Å². The van der Waals surface area contributed by atoms with Gasteiger partial charge in [0.15, 0.2) is 11.2 Å². The molecule has 2 aromatic carbocycles. The number of carbonyl (C=O) groups is 1. The molecular formula is C21H18N2O4. The Balaban J connectivity index is 1.50. The number of hydrogen-bond acceptors (Lipinski definition) is 4. The highest BCUT2D eigenvalue weighted by atomic mass is 16.5. The third-order valence-corrected chi connectivity index (χ3v) is 4.51. The number of para-hydroxylation sites is 1. The molecule has 0 fully saturated rings. The van der Waals surface area contributed by atoms with E-state index in [9.17, 15) is 9.59 Å². The first kappa shape index (κ1) is 16.9. The summed E-state index contributed by atoms with van der Waals surface area (Å²) in [5, 5.41) is 4.35. The van der Waals surface area contributed by atoms with Gasteiger partial charge in [0, 0.05) is 35.8 Å². The molecule has 0 saturated heterocycles. The van der Waals surface area contributed by atoms with E-state index in [1.54, 1.807) is 18.2 Å². The van der Waals surface area contributed by atoms with Crippen LogP contribution in [0.1, 0.15) is 16.1 Å². The summed E-state index contributed by atoms with van der Waals surface area (Å²) in [7, 11) is 1.53. The van der Waals surface area contributed by atoms with E-state index in [4.69, 9.17) is 9.15 Å². The maximum Gasteiger partial charge on any atom is 0.287 e. The number of nitrogens with one attached hydrogen (secondary N) is 2. The summed E-state index contributed by atoms with van der Waals surface area (Å²) in [6, 6.07) is 14.1. The van der Waals surface area contributed by atoms with Gasteiger partial charge in [0.1, 0.15) is 11.3 Å². The van der Waals surface area contributed by atoms with Crippen LogP contribution in [-0.4, -0.2) is 24.5 Å². The fourth-order valence-corrected chi connectivity index (χ4v) is 3.11. The minimum absolute atomic E-state index is 0.0142. The molecule has 27 heavy (non-hydrogen) atoms. The SMILES string of the molecule is COc1ccc2c(=O)cc(C(=O)NCCc3c[nH]c4ccccc34)oc2c1. The lowest BCUT2D eigenvalue weighted by molar-refractivity contribution is 0.0927. The second-order valence-electron chi connectivity index (χ2n) is 6.20. The molecule has 2 heterocycles. The van der Waals surface area contributed by atoms with E-state index >= 15 is 0 Å². The van der Waals surface area contributed by atoms with Crippen LogP contribution >= 0.6 is 0 Å². The van der Waals surface area contributed by atoms with E-state index in [0.29, 0.717) is 29.7 Å². The predicted octanol–water partition coefficient (Wildman–Crippen LogP) is 3.26. The Morgan fingerprint density at radius 2 is 2.00 bits per heavy atom. The Morgan fingerprint density at radius 1 is 1.15 bits per heavy atom. The van der Waals surface area contributed by atoms with Crippen LogP contribution in [0.2, 0.25) is 0 Å². The third kappa shape index (κ3) is 3.29. The van der Waals surface area contributed by atoms with Gasteiger partial charge in [-0.25, -0.2) is 0 Å². The van der Waals surface area contributed by atoms with Crippen LogP contribution in [0.4, 0.5) is 0 Å². The normalized spacial score (nSPS) is 11.0. The zero-order valence-electron chi connectivity index (χ0n) is 14.7. The number of rotatable bonds is 5. The average molecular weight is 362 g/mol. The second-order valence-corrected chi connectivity index (χ2v) is 6.20. The minimum atomic E-state index is -0.420. The number of ether oxygens (including phenoxy) is 1. The van der Waals surface area contributed by atoms with Gasteiger partial charge >= 0.3 is 0 Å². The molecule has 0 atom stereocenters. The maximum atomic E-state index is 12.4. The smallest absolute Gasteiger partial charge is 0.287 e. The summed E-state index contributed by atoms with van der Waals surface area (Å²) in [4.78, 5) is 27.8. The van der Waals surface area contributed by atoms with Crippen molar-refractivity contribution >= 4 is 27.8 Å². The number of methoxy groups -OCH3 is 1. The maximum absolute atomic E-state index is 12.4. The molecular weight excluding hydrogens is 344 g/mol. The minimum Gasteiger partial charge on any atom is -0.497 e. The molecule has 0 radical (unpaired) electrons. The molecule has 0 bridgehead atoms. The summed E-state index contributed by atoms with van der Waals surface area (Å²) < 4.78 is 10.7. The predicted molar refractivity (Wildman–Crippen MR) is 103 cm³/mol. The lowest BCUT2D eigenvalue weighted by Gasteiger charge is -2.06. The van der Waals surface area contributed by atoms with Crippen LogP contribution in [0.3, 0.4) is 0 Å². The van der Waals surface area contributed by atoms with Crippen LogP contribution in [-0.2, 0) is 6.42 Å². The number of amides is 1. The number of H-pyrrole nitrogens is 1. The monoisotopic (exact) mass is 362 g/mol.